The quantitative estimate of drug-likeness (QED) is 0.496. The number of Topliss-reactive ketones (excluding diaryl/α,β-unsaturated/α-hetero) is 1. The summed E-state index contributed by atoms with van der Waals surface area (Å²) in [6.45, 7) is 0.654. The van der Waals surface area contributed by atoms with E-state index in [0.717, 1.165) is 27.8 Å². The number of fused-ring (bicyclic) bond motifs is 1. The van der Waals surface area contributed by atoms with Gasteiger partial charge in [-0.25, -0.2) is 4.39 Å². The molecule has 0 amide bonds. The molecule has 0 atom stereocenters. The molecule has 0 saturated carbocycles. The summed E-state index contributed by atoms with van der Waals surface area (Å²) in [4.78, 5) is 12.5. The van der Waals surface area contributed by atoms with E-state index in [2.05, 4.69) is 15.9 Å². The molecule has 5 heteroatoms. The predicted octanol–water partition coefficient (Wildman–Crippen LogP) is 4.55. The Kier molecular flexibility index (Phi) is 4.31. The monoisotopic (exact) mass is 460 g/mol. The predicted molar refractivity (Wildman–Crippen MR) is 90.5 cm³/mol. The zero-order valence-electron chi connectivity index (χ0n) is 11.0. The van der Waals surface area contributed by atoms with Crippen LogP contribution in [0.2, 0.25) is 0 Å². The third-order valence-electron chi connectivity index (χ3n) is 3.41. The fraction of sp³-hybridized carbons (Fsp3) is 0.188. The maximum absolute atomic E-state index is 13.1. The summed E-state index contributed by atoms with van der Waals surface area (Å²) in [6.07, 6.45) is 1.12. The van der Waals surface area contributed by atoms with E-state index in [-0.39, 0.29) is 18.0 Å². The van der Waals surface area contributed by atoms with Gasteiger partial charge in [-0.05, 0) is 58.5 Å². The number of ketones is 1. The highest BCUT2D eigenvalue weighted by molar-refractivity contribution is 14.1. The molecule has 21 heavy (non-hydrogen) atoms. The zero-order chi connectivity index (χ0) is 15.0. The van der Waals surface area contributed by atoms with Gasteiger partial charge in [0.2, 0.25) is 0 Å². The minimum absolute atomic E-state index is 0.0322. The number of ether oxygens (including phenoxy) is 1. The average Bonchev–Trinajstić information content (AvgIpc) is 2.86. The molecule has 0 unspecified atom stereocenters. The Morgan fingerprint density at radius 2 is 2.14 bits per heavy atom. The van der Waals surface area contributed by atoms with Crippen LogP contribution in [-0.2, 0) is 12.8 Å². The van der Waals surface area contributed by atoms with Crippen molar-refractivity contribution in [2.45, 2.75) is 12.8 Å². The van der Waals surface area contributed by atoms with Gasteiger partial charge in [0.15, 0.2) is 5.78 Å². The molecule has 2 aromatic carbocycles. The van der Waals surface area contributed by atoms with Crippen molar-refractivity contribution in [1.82, 2.24) is 0 Å². The van der Waals surface area contributed by atoms with Crippen LogP contribution in [0, 0.1) is 9.39 Å². The van der Waals surface area contributed by atoms with Crippen molar-refractivity contribution >= 4 is 44.3 Å². The second kappa shape index (κ2) is 6.04. The Balaban J connectivity index is 1.92. The number of hydrogen-bond acceptors (Lipinski definition) is 2. The first-order valence-electron chi connectivity index (χ1n) is 6.47. The van der Waals surface area contributed by atoms with Crippen molar-refractivity contribution in [1.29, 1.82) is 0 Å². The first-order chi connectivity index (χ1) is 10.0. The van der Waals surface area contributed by atoms with Crippen LogP contribution in [0.4, 0.5) is 4.39 Å². The average molecular weight is 461 g/mol. The van der Waals surface area contributed by atoms with Crippen molar-refractivity contribution in [3.63, 3.8) is 0 Å². The zero-order valence-corrected chi connectivity index (χ0v) is 14.7. The van der Waals surface area contributed by atoms with Crippen LogP contribution < -0.4 is 4.74 Å². The minimum atomic E-state index is -0.331. The van der Waals surface area contributed by atoms with E-state index in [9.17, 15) is 9.18 Å². The molecule has 2 aromatic rings. The highest BCUT2D eigenvalue weighted by Crippen LogP contribution is 2.34. The molecule has 0 saturated heterocycles. The van der Waals surface area contributed by atoms with Crippen LogP contribution in [0.15, 0.2) is 34.8 Å². The molecular formula is C16H11BrFIO2. The molecule has 2 nitrogen and oxygen atoms in total. The van der Waals surface area contributed by atoms with Gasteiger partial charge < -0.3 is 4.74 Å². The summed E-state index contributed by atoms with van der Waals surface area (Å²) in [6, 6.07) is 8.17. The van der Waals surface area contributed by atoms with Crippen LogP contribution in [0.1, 0.15) is 21.5 Å². The van der Waals surface area contributed by atoms with Crippen LogP contribution in [-0.4, -0.2) is 12.4 Å². The fourth-order valence-corrected chi connectivity index (χ4v) is 3.79. The summed E-state index contributed by atoms with van der Waals surface area (Å²) < 4.78 is 20.3. The van der Waals surface area contributed by atoms with Crippen LogP contribution >= 0.6 is 38.5 Å². The highest BCUT2D eigenvalue weighted by Gasteiger charge is 2.20. The Bertz CT molecular complexity index is 730. The van der Waals surface area contributed by atoms with Crippen molar-refractivity contribution < 1.29 is 13.9 Å². The van der Waals surface area contributed by atoms with Crippen LogP contribution in [0.3, 0.4) is 0 Å². The highest BCUT2D eigenvalue weighted by atomic mass is 127. The third kappa shape index (κ3) is 3.13. The number of hydrogen-bond donors (Lipinski definition) is 0. The minimum Gasteiger partial charge on any atom is -0.493 e. The van der Waals surface area contributed by atoms with E-state index in [1.54, 1.807) is 6.07 Å². The van der Waals surface area contributed by atoms with E-state index < -0.39 is 0 Å². The molecule has 0 radical (unpaired) electrons. The van der Waals surface area contributed by atoms with Crippen molar-refractivity contribution in [2.75, 3.05) is 6.61 Å². The van der Waals surface area contributed by atoms with Crippen molar-refractivity contribution in [3.05, 3.63) is 60.9 Å². The lowest BCUT2D eigenvalue weighted by Gasteiger charge is -2.09. The Morgan fingerprint density at radius 3 is 2.90 bits per heavy atom. The van der Waals surface area contributed by atoms with Gasteiger partial charge in [-0.1, -0.05) is 15.9 Å². The normalized spacial score (nSPS) is 12.9. The molecule has 3 rings (SSSR count). The molecular weight excluding hydrogens is 450 g/mol. The third-order valence-corrected chi connectivity index (χ3v) is 4.76. The second-order valence-corrected chi connectivity index (χ2v) is 6.95. The molecule has 1 heterocycles. The first kappa shape index (κ1) is 15.0. The summed E-state index contributed by atoms with van der Waals surface area (Å²) in [5.41, 5.74) is 2.55. The number of carbonyl (C=O) groups excluding carboxylic acids is 1. The molecule has 0 spiro atoms. The lowest BCUT2D eigenvalue weighted by molar-refractivity contribution is 0.0991. The van der Waals surface area contributed by atoms with Crippen molar-refractivity contribution in [2.24, 2.45) is 0 Å². The molecule has 0 bridgehead atoms. The maximum atomic E-state index is 13.1. The lowest BCUT2D eigenvalue weighted by atomic mass is 10.00. The van der Waals surface area contributed by atoms with E-state index in [1.807, 2.05) is 34.7 Å². The molecule has 0 N–H and O–H groups in total. The Labute approximate surface area is 144 Å². The van der Waals surface area contributed by atoms with Crippen LogP contribution in [0.25, 0.3) is 0 Å². The van der Waals surface area contributed by atoms with Gasteiger partial charge in [0.1, 0.15) is 11.6 Å². The summed E-state index contributed by atoms with van der Waals surface area (Å²) in [7, 11) is 0. The molecule has 0 aromatic heterocycles. The van der Waals surface area contributed by atoms with Gasteiger partial charge >= 0.3 is 0 Å². The van der Waals surface area contributed by atoms with E-state index in [1.165, 1.54) is 12.1 Å². The first-order valence-corrected chi connectivity index (χ1v) is 8.34. The SMILES string of the molecule is O=C(Cc1cc(Br)cc2c1OCC2)c1ccc(F)cc1I. The van der Waals surface area contributed by atoms with Gasteiger partial charge in [-0.2, -0.15) is 0 Å². The van der Waals surface area contributed by atoms with E-state index in [4.69, 9.17) is 4.74 Å². The summed E-state index contributed by atoms with van der Waals surface area (Å²) in [5.74, 6) is 0.460. The Hall–Kier alpha value is -0.950. The van der Waals surface area contributed by atoms with Gasteiger partial charge in [-0.3, -0.25) is 4.79 Å². The van der Waals surface area contributed by atoms with E-state index >= 15 is 0 Å². The fourth-order valence-electron chi connectivity index (χ4n) is 2.46. The number of halogens is 3. The van der Waals surface area contributed by atoms with Gasteiger partial charge in [-0.15, -0.1) is 0 Å². The van der Waals surface area contributed by atoms with Gasteiger partial charge in [0.05, 0.1) is 6.61 Å². The molecule has 1 aliphatic heterocycles. The van der Waals surface area contributed by atoms with Gasteiger partial charge in [0.25, 0.3) is 0 Å². The summed E-state index contributed by atoms with van der Waals surface area (Å²) in [5, 5.41) is 0. The van der Waals surface area contributed by atoms with E-state index in [0.29, 0.717) is 15.7 Å². The number of rotatable bonds is 3. The molecule has 108 valence electrons. The van der Waals surface area contributed by atoms with Crippen LogP contribution in [0.5, 0.6) is 5.75 Å². The maximum Gasteiger partial charge on any atom is 0.168 e. The number of carbonyl (C=O) groups is 1. The second-order valence-electron chi connectivity index (χ2n) is 4.88. The molecule has 1 aliphatic rings. The largest absolute Gasteiger partial charge is 0.493 e. The molecule has 0 fully saturated rings. The summed E-state index contributed by atoms with van der Waals surface area (Å²) >= 11 is 5.45. The Morgan fingerprint density at radius 1 is 1.33 bits per heavy atom. The van der Waals surface area contributed by atoms with Gasteiger partial charge in [0, 0.05) is 32.0 Å². The lowest BCUT2D eigenvalue weighted by Crippen LogP contribution is -2.07. The standard InChI is InChI=1S/C16H11BrFIO2/c17-11-5-9-3-4-21-16(9)10(6-11)7-15(20)13-2-1-12(18)8-14(13)19/h1-2,5-6,8H,3-4,7H2. The topological polar surface area (TPSA) is 26.3 Å². The smallest absolute Gasteiger partial charge is 0.168 e. The number of benzene rings is 2. The molecule has 0 aliphatic carbocycles. The van der Waals surface area contributed by atoms with Crippen molar-refractivity contribution in [3.8, 4) is 5.75 Å².